The largest absolute Gasteiger partial charge is 0.463 e. The highest BCUT2D eigenvalue weighted by molar-refractivity contribution is 6.00. The third-order valence-electron chi connectivity index (χ3n) is 4.90. The summed E-state index contributed by atoms with van der Waals surface area (Å²) in [7, 11) is 1.33. The highest BCUT2D eigenvalue weighted by Gasteiger charge is 2.14. The van der Waals surface area contributed by atoms with Gasteiger partial charge in [0.1, 0.15) is 5.76 Å². The van der Waals surface area contributed by atoms with E-state index < -0.39 is 5.97 Å². The fourth-order valence-corrected chi connectivity index (χ4v) is 3.46. The van der Waals surface area contributed by atoms with Crippen molar-refractivity contribution in [2.24, 2.45) is 4.99 Å². The number of rotatable bonds is 5. The van der Waals surface area contributed by atoms with E-state index in [1.807, 2.05) is 48.8 Å². The molecule has 150 valence electrons. The van der Waals surface area contributed by atoms with Crippen LogP contribution in [0.5, 0.6) is 11.5 Å². The number of esters is 1. The van der Waals surface area contributed by atoms with Crippen LogP contribution in [0.1, 0.15) is 21.9 Å². The number of methoxy groups -OCH3 is 1. The number of hydrogen-bond acceptors (Lipinski definition) is 6. The predicted molar refractivity (Wildman–Crippen MR) is 111 cm³/mol. The van der Waals surface area contributed by atoms with Crippen LogP contribution in [0.4, 0.5) is 5.69 Å². The molecule has 0 fully saturated rings. The van der Waals surface area contributed by atoms with E-state index in [1.54, 1.807) is 12.1 Å². The van der Waals surface area contributed by atoms with Gasteiger partial charge in [0.2, 0.25) is 12.6 Å². The second kappa shape index (κ2) is 7.44. The van der Waals surface area contributed by atoms with E-state index in [2.05, 4.69) is 15.6 Å². The second-order valence-corrected chi connectivity index (χ2v) is 6.78. The number of fused-ring (bicyclic) bond motifs is 2. The molecule has 0 spiro atoms. The van der Waals surface area contributed by atoms with Gasteiger partial charge in [0.15, 0.2) is 11.5 Å². The molecule has 3 heterocycles. The number of ether oxygens (including phenoxy) is 3. The summed E-state index contributed by atoms with van der Waals surface area (Å²) in [6.45, 7) is 0.718. The van der Waals surface area contributed by atoms with E-state index in [9.17, 15) is 4.79 Å². The standard InChI is InChI=1S/C23H18N2O5/c1-27-23(26)21-9-7-17(30-21)13-25-12-15(18-4-2-3-5-19(18)25)11-24-16-6-8-20-22(10-16)29-14-28-20/h2-12H,13-14H2,1H3. The van der Waals surface area contributed by atoms with Crippen molar-refractivity contribution in [2.75, 3.05) is 13.9 Å². The molecule has 30 heavy (non-hydrogen) atoms. The summed E-state index contributed by atoms with van der Waals surface area (Å²) in [6.07, 6.45) is 3.85. The Balaban J connectivity index is 1.45. The number of aromatic nitrogens is 1. The van der Waals surface area contributed by atoms with Crippen LogP contribution in [-0.4, -0.2) is 30.7 Å². The maximum absolute atomic E-state index is 11.6. The average molecular weight is 402 g/mol. The Morgan fingerprint density at radius 2 is 2.00 bits per heavy atom. The normalized spacial score (nSPS) is 12.7. The number of aliphatic imine (C=N–C) groups is 1. The van der Waals surface area contributed by atoms with Gasteiger partial charge in [0.25, 0.3) is 0 Å². The first-order valence-electron chi connectivity index (χ1n) is 9.40. The molecule has 0 radical (unpaired) electrons. The van der Waals surface area contributed by atoms with E-state index >= 15 is 0 Å². The summed E-state index contributed by atoms with van der Waals surface area (Å²) in [6, 6.07) is 17.1. The van der Waals surface area contributed by atoms with Gasteiger partial charge >= 0.3 is 5.97 Å². The fourth-order valence-electron chi connectivity index (χ4n) is 3.46. The quantitative estimate of drug-likeness (QED) is 0.362. The lowest BCUT2D eigenvalue weighted by atomic mass is 10.2. The zero-order valence-electron chi connectivity index (χ0n) is 16.2. The Hall–Kier alpha value is -4.00. The van der Waals surface area contributed by atoms with Gasteiger partial charge in [-0.05, 0) is 30.3 Å². The van der Waals surface area contributed by atoms with Crippen molar-refractivity contribution in [1.82, 2.24) is 4.57 Å². The van der Waals surface area contributed by atoms with Crippen LogP contribution in [0.2, 0.25) is 0 Å². The Bertz CT molecular complexity index is 1270. The molecule has 0 bridgehead atoms. The Kier molecular flexibility index (Phi) is 4.48. The molecule has 2 aromatic carbocycles. The topological polar surface area (TPSA) is 75.2 Å². The van der Waals surface area contributed by atoms with Crippen molar-refractivity contribution in [3.8, 4) is 11.5 Å². The molecular formula is C23H18N2O5. The summed E-state index contributed by atoms with van der Waals surface area (Å²) in [5.41, 5.74) is 2.80. The highest BCUT2D eigenvalue weighted by atomic mass is 16.7. The summed E-state index contributed by atoms with van der Waals surface area (Å²) < 4.78 is 23.1. The number of hydrogen-bond donors (Lipinski definition) is 0. The number of nitrogens with zero attached hydrogens (tertiary/aromatic N) is 2. The van der Waals surface area contributed by atoms with Crippen molar-refractivity contribution in [1.29, 1.82) is 0 Å². The molecule has 5 rings (SSSR count). The first kappa shape index (κ1) is 18.1. The van der Waals surface area contributed by atoms with E-state index in [0.717, 1.165) is 27.9 Å². The molecule has 1 aliphatic rings. The van der Waals surface area contributed by atoms with E-state index in [4.69, 9.17) is 18.6 Å². The van der Waals surface area contributed by atoms with Gasteiger partial charge in [0.05, 0.1) is 19.3 Å². The molecule has 0 saturated heterocycles. The molecule has 0 saturated carbocycles. The Morgan fingerprint density at radius 1 is 1.13 bits per heavy atom. The van der Waals surface area contributed by atoms with Crippen molar-refractivity contribution >= 4 is 28.8 Å². The van der Waals surface area contributed by atoms with Gasteiger partial charge in [-0.25, -0.2) is 4.79 Å². The van der Waals surface area contributed by atoms with Crippen LogP contribution in [0, 0.1) is 0 Å². The molecule has 7 heteroatoms. The monoisotopic (exact) mass is 402 g/mol. The van der Waals surface area contributed by atoms with Crippen LogP contribution in [-0.2, 0) is 11.3 Å². The van der Waals surface area contributed by atoms with Crippen molar-refractivity contribution < 1.29 is 23.4 Å². The molecule has 0 N–H and O–H groups in total. The van der Waals surface area contributed by atoms with E-state index in [0.29, 0.717) is 18.1 Å². The molecule has 2 aromatic heterocycles. The molecule has 0 amide bonds. The lowest BCUT2D eigenvalue weighted by molar-refractivity contribution is 0.0563. The van der Waals surface area contributed by atoms with Crippen LogP contribution < -0.4 is 9.47 Å². The second-order valence-electron chi connectivity index (χ2n) is 6.78. The van der Waals surface area contributed by atoms with Crippen molar-refractivity contribution in [2.45, 2.75) is 6.54 Å². The summed E-state index contributed by atoms with van der Waals surface area (Å²) in [5, 5.41) is 1.07. The first-order valence-corrected chi connectivity index (χ1v) is 9.40. The minimum Gasteiger partial charge on any atom is -0.463 e. The van der Waals surface area contributed by atoms with Gasteiger partial charge in [-0.15, -0.1) is 0 Å². The third kappa shape index (κ3) is 3.30. The zero-order valence-corrected chi connectivity index (χ0v) is 16.2. The van der Waals surface area contributed by atoms with Gasteiger partial charge in [-0.1, -0.05) is 18.2 Å². The maximum atomic E-state index is 11.6. The first-order chi connectivity index (χ1) is 14.7. The third-order valence-corrected chi connectivity index (χ3v) is 4.90. The number of carbonyl (C=O) groups is 1. The molecule has 0 unspecified atom stereocenters. The maximum Gasteiger partial charge on any atom is 0.373 e. The van der Waals surface area contributed by atoms with Crippen molar-refractivity contribution in [3.05, 3.63) is 77.9 Å². The zero-order chi connectivity index (χ0) is 20.5. The van der Waals surface area contributed by atoms with E-state index in [-0.39, 0.29) is 12.6 Å². The van der Waals surface area contributed by atoms with Gasteiger partial charge < -0.3 is 23.2 Å². The summed E-state index contributed by atoms with van der Waals surface area (Å²) in [5.74, 6) is 1.79. The highest BCUT2D eigenvalue weighted by Crippen LogP contribution is 2.35. The molecular weight excluding hydrogens is 384 g/mol. The van der Waals surface area contributed by atoms with Gasteiger partial charge in [-0.2, -0.15) is 0 Å². The van der Waals surface area contributed by atoms with Crippen molar-refractivity contribution in [3.63, 3.8) is 0 Å². The minimum atomic E-state index is -0.491. The van der Waals surface area contributed by atoms with Crippen LogP contribution >= 0.6 is 0 Å². The lowest BCUT2D eigenvalue weighted by Crippen LogP contribution is -1.99. The molecule has 0 atom stereocenters. The molecule has 7 nitrogen and oxygen atoms in total. The van der Waals surface area contributed by atoms with Crippen LogP contribution in [0.3, 0.4) is 0 Å². The van der Waals surface area contributed by atoms with E-state index in [1.165, 1.54) is 7.11 Å². The fraction of sp³-hybridized carbons (Fsp3) is 0.130. The lowest BCUT2D eigenvalue weighted by Gasteiger charge is -2.02. The Morgan fingerprint density at radius 3 is 2.90 bits per heavy atom. The molecule has 0 aliphatic carbocycles. The SMILES string of the molecule is COC(=O)c1ccc(Cn2cc(C=Nc3ccc4c(c3)OCO4)c3ccccc32)o1. The summed E-state index contributed by atoms with van der Waals surface area (Å²) in [4.78, 5) is 16.2. The smallest absolute Gasteiger partial charge is 0.373 e. The Labute approximate surface area is 172 Å². The van der Waals surface area contributed by atoms with Gasteiger partial charge in [0, 0.05) is 34.9 Å². The minimum absolute atomic E-state index is 0.188. The van der Waals surface area contributed by atoms with Crippen LogP contribution in [0.25, 0.3) is 10.9 Å². The van der Waals surface area contributed by atoms with Crippen LogP contribution in [0.15, 0.2) is 70.2 Å². The number of benzene rings is 2. The van der Waals surface area contributed by atoms with Gasteiger partial charge in [-0.3, -0.25) is 4.99 Å². The predicted octanol–water partition coefficient (Wildman–Crippen LogP) is 4.55. The molecule has 1 aliphatic heterocycles. The number of furan rings is 1. The summed E-state index contributed by atoms with van der Waals surface area (Å²) >= 11 is 0. The average Bonchev–Trinajstić information content (AvgIpc) is 3.51. The molecule has 4 aromatic rings. The number of para-hydroxylation sites is 1. The number of carbonyl (C=O) groups excluding carboxylic acids is 1.